The van der Waals surface area contributed by atoms with Gasteiger partial charge in [0.2, 0.25) is 0 Å². The van der Waals surface area contributed by atoms with Gasteiger partial charge in [-0.3, -0.25) is 9.69 Å². The molecule has 1 aromatic rings. The summed E-state index contributed by atoms with van der Waals surface area (Å²) in [6.45, 7) is 8.03. The Hall–Kier alpha value is -1.07. The van der Waals surface area contributed by atoms with E-state index in [0.717, 1.165) is 37.1 Å². The number of likely N-dealkylation sites (N-methyl/N-ethyl adjacent to an activating group) is 1. The highest BCUT2D eigenvalue weighted by molar-refractivity contribution is 9.10. The van der Waals surface area contributed by atoms with Crippen molar-refractivity contribution in [1.29, 1.82) is 0 Å². The van der Waals surface area contributed by atoms with E-state index in [1.807, 2.05) is 11.0 Å². The average molecular weight is 340 g/mol. The molecule has 0 aromatic heterocycles. The van der Waals surface area contributed by atoms with Gasteiger partial charge < -0.3 is 10.6 Å². The minimum Gasteiger partial charge on any atom is -0.399 e. The number of anilines is 1. The number of rotatable bonds is 4. The molecular formula is C15H22BrN3O. The van der Waals surface area contributed by atoms with E-state index in [9.17, 15) is 4.79 Å². The number of nitrogens with two attached hydrogens (primary N) is 1. The Morgan fingerprint density at radius 2 is 2.15 bits per heavy atom. The van der Waals surface area contributed by atoms with Gasteiger partial charge in [0.15, 0.2) is 0 Å². The quantitative estimate of drug-likeness (QED) is 0.857. The third kappa shape index (κ3) is 3.15. The van der Waals surface area contributed by atoms with Crippen LogP contribution in [-0.4, -0.2) is 47.9 Å². The van der Waals surface area contributed by atoms with E-state index in [1.165, 1.54) is 0 Å². The maximum absolute atomic E-state index is 12.6. The molecule has 0 spiro atoms. The molecule has 1 heterocycles. The fourth-order valence-corrected chi connectivity index (χ4v) is 3.26. The second kappa shape index (κ2) is 6.59. The number of hydrogen-bond acceptors (Lipinski definition) is 3. The largest absolute Gasteiger partial charge is 0.399 e. The van der Waals surface area contributed by atoms with Crippen molar-refractivity contribution in [1.82, 2.24) is 9.80 Å². The fourth-order valence-electron chi connectivity index (χ4n) is 2.84. The number of hydrogen-bond donors (Lipinski definition) is 1. The maximum Gasteiger partial charge on any atom is 0.255 e. The number of nitrogen functional groups attached to an aromatic ring is 1. The van der Waals surface area contributed by atoms with E-state index in [0.29, 0.717) is 17.3 Å². The lowest BCUT2D eigenvalue weighted by atomic mass is 10.2. The van der Waals surface area contributed by atoms with Crippen LogP contribution in [0.15, 0.2) is 22.7 Å². The van der Waals surface area contributed by atoms with Gasteiger partial charge in [0.1, 0.15) is 0 Å². The van der Waals surface area contributed by atoms with Gasteiger partial charge in [-0.25, -0.2) is 0 Å². The van der Waals surface area contributed by atoms with E-state index >= 15 is 0 Å². The van der Waals surface area contributed by atoms with Crippen LogP contribution in [0.4, 0.5) is 5.69 Å². The number of carbonyl (C=O) groups is 1. The number of halogens is 1. The van der Waals surface area contributed by atoms with Gasteiger partial charge in [0.25, 0.3) is 5.91 Å². The molecule has 1 aromatic carbocycles. The van der Waals surface area contributed by atoms with Gasteiger partial charge in [0, 0.05) is 29.3 Å². The molecule has 110 valence electrons. The molecule has 1 saturated heterocycles. The normalized spacial score (nSPS) is 18.8. The van der Waals surface area contributed by atoms with Gasteiger partial charge in [-0.15, -0.1) is 0 Å². The first-order valence-electron chi connectivity index (χ1n) is 7.15. The summed E-state index contributed by atoms with van der Waals surface area (Å²) >= 11 is 3.44. The molecule has 1 fully saturated rings. The molecule has 0 saturated carbocycles. The molecule has 2 N–H and O–H groups in total. The van der Waals surface area contributed by atoms with Crippen LogP contribution in [0.2, 0.25) is 0 Å². The number of amides is 1. The molecule has 1 unspecified atom stereocenters. The van der Waals surface area contributed by atoms with Crippen LogP contribution in [0.3, 0.4) is 0 Å². The summed E-state index contributed by atoms with van der Waals surface area (Å²) < 4.78 is 0.808. The highest BCUT2D eigenvalue weighted by Crippen LogP contribution is 2.24. The van der Waals surface area contributed by atoms with E-state index in [1.54, 1.807) is 12.1 Å². The van der Waals surface area contributed by atoms with Crippen LogP contribution in [0.1, 0.15) is 30.6 Å². The van der Waals surface area contributed by atoms with Crippen LogP contribution >= 0.6 is 15.9 Å². The van der Waals surface area contributed by atoms with Crippen molar-refractivity contribution in [3.8, 4) is 0 Å². The highest BCUT2D eigenvalue weighted by atomic mass is 79.9. The average Bonchev–Trinajstić information content (AvgIpc) is 2.92. The number of likely N-dealkylation sites (tertiary alicyclic amines) is 1. The Balaban J connectivity index is 2.10. The van der Waals surface area contributed by atoms with E-state index in [2.05, 4.69) is 34.7 Å². The third-order valence-electron chi connectivity index (χ3n) is 4.00. The Labute approximate surface area is 129 Å². The van der Waals surface area contributed by atoms with Crippen molar-refractivity contribution in [2.45, 2.75) is 26.3 Å². The zero-order chi connectivity index (χ0) is 14.7. The Kier molecular flexibility index (Phi) is 5.05. The van der Waals surface area contributed by atoms with Crippen LogP contribution in [0.5, 0.6) is 0 Å². The maximum atomic E-state index is 12.6. The molecule has 0 bridgehead atoms. The van der Waals surface area contributed by atoms with Crippen LogP contribution in [-0.2, 0) is 0 Å². The topological polar surface area (TPSA) is 49.6 Å². The van der Waals surface area contributed by atoms with Crippen molar-refractivity contribution < 1.29 is 4.79 Å². The van der Waals surface area contributed by atoms with E-state index in [4.69, 9.17) is 5.73 Å². The summed E-state index contributed by atoms with van der Waals surface area (Å²) in [5.41, 5.74) is 7.06. The molecule has 0 aliphatic carbocycles. The standard InChI is InChI=1S/C15H22BrN3O/c1-3-18(4-2)12-7-8-19(10-12)15(20)13-9-11(17)5-6-14(13)16/h5-6,9,12H,3-4,7-8,10,17H2,1-2H3. The molecular weight excluding hydrogens is 318 g/mol. The molecule has 1 atom stereocenters. The first-order valence-corrected chi connectivity index (χ1v) is 7.94. The van der Waals surface area contributed by atoms with Crippen molar-refractivity contribution in [3.05, 3.63) is 28.2 Å². The lowest BCUT2D eigenvalue weighted by molar-refractivity contribution is 0.0777. The molecule has 2 rings (SSSR count). The van der Waals surface area contributed by atoms with Crippen molar-refractivity contribution in [2.75, 3.05) is 31.9 Å². The fraction of sp³-hybridized carbons (Fsp3) is 0.533. The van der Waals surface area contributed by atoms with Gasteiger partial charge in [-0.1, -0.05) is 13.8 Å². The molecule has 5 heteroatoms. The predicted octanol–water partition coefficient (Wildman–Crippen LogP) is 2.59. The van der Waals surface area contributed by atoms with Gasteiger partial charge >= 0.3 is 0 Å². The van der Waals surface area contributed by atoms with E-state index in [-0.39, 0.29) is 5.91 Å². The molecule has 4 nitrogen and oxygen atoms in total. The lowest BCUT2D eigenvalue weighted by Crippen LogP contribution is -2.38. The monoisotopic (exact) mass is 339 g/mol. The lowest BCUT2D eigenvalue weighted by Gasteiger charge is -2.26. The summed E-state index contributed by atoms with van der Waals surface area (Å²) in [6.07, 6.45) is 1.05. The second-order valence-corrected chi connectivity index (χ2v) is 6.01. The Morgan fingerprint density at radius 3 is 2.80 bits per heavy atom. The van der Waals surface area contributed by atoms with Gasteiger partial charge in [-0.2, -0.15) is 0 Å². The van der Waals surface area contributed by atoms with Crippen molar-refractivity contribution in [3.63, 3.8) is 0 Å². The van der Waals surface area contributed by atoms with Gasteiger partial charge in [0.05, 0.1) is 5.56 Å². The second-order valence-electron chi connectivity index (χ2n) is 5.15. The molecule has 1 aliphatic rings. The zero-order valence-corrected chi connectivity index (χ0v) is 13.7. The predicted molar refractivity (Wildman–Crippen MR) is 85.8 cm³/mol. The summed E-state index contributed by atoms with van der Waals surface area (Å²) in [7, 11) is 0. The smallest absolute Gasteiger partial charge is 0.255 e. The van der Waals surface area contributed by atoms with Crippen molar-refractivity contribution in [2.24, 2.45) is 0 Å². The number of benzene rings is 1. The molecule has 0 radical (unpaired) electrons. The SMILES string of the molecule is CCN(CC)C1CCN(C(=O)c2cc(N)ccc2Br)C1. The number of carbonyl (C=O) groups excluding carboxylic acids is 1. The molecule has 20 heavy (non-hydrogen) atoms. The van der Waals surface area contributed by atoms with Crippen LogP contribution in [0.25, 0.3) is 0 Å². The highest BCUT2D eigenvalue weighted by Gasteiger charge is 2.30. The summed E-state index contributed by atoms with van der Waals surface area (Å²) in [4.78, 5) is 16.9. The minimum atomic E-state index is 0.0684. The summed E-state index contributed by atoms with van der Waals surface area (Å²) in [5.74, 6) is 0.0684. The molecule has 1 aliphatic heterocycles. The third-order valence-corrected chi connectivity index (χ3v) is 4.69. The van der Waals surface area contributed by atoms with Crippen molar-refractivity contribution >= 4 is 27.5 Å². The Bertz CT molecular complexity index is 488. The first-order chi connectivity index (χ1) is 9.56. The summed E-state index contributed by atoms with van der Waals surface area (Å²) in [5, 5.41) is 0. The first kappa shape index (κ1) is 15.3. The number of nitrogens with zero attached hydrogens (tertiary/aromatic N) is 2. The Morgan fingerprint density at radius 1 is 1.45 bits per heavy atom. The zero-order valence-electron chi connectivity index (χ0n) is 12.1. The van der Waals surface area contributed by atoms with Crippen LogP contribution < -0.4 is 5.73 Å². The van der Waals surface area contributed by atoms with E-state index < -0.39 is 0 Å². The summed E-state index contributed by atoms with van der Waals surface area (Å²) in [6, 6.07) is 5.86. The molecule has 1 amide bonds. The van der Waals surface area contributed by atoms with Gasteiger partial charge in [-0.05, 0) is 53.6 Å². The van der Waals surface area contributed by atoms with Crippen LogP contribution in [0, 0.1) is 0 Å². The minimum absolute atomic E-state index is 0.0684.